The summed E-state index contributed by atoms with van der Waals surface area (Å²) in [5.41, 5.74) is 2.78. The summed E-state index contributed by atoms with van der Waals surface area (Å²) in [6, 6.07) is 7.76. The molecule has 4 nitrogen and oxygen atoms in total. The summed E-state index contributed by atoms with van der Waals surface area (Å²) in [4.78, 5) is 23.4. The Morgan fingerprint density at radius 3 is 2.57 bits per heavy atom. The van der Waals surface area contributed by atoms with Crippen molar-refractivity contribution in [3.05, 3.63) is 52.8 Å². The molecule has 8 heteroatoms. The van der Waals surface area contributed by atoms with Crippen LogP contribution in [0.5, 0.6) is 5.75 Å². The van der Waals surface area contributed by atoms with Crippen LogP contribution in [0.2, 0.25) is 0 Å². The van der Waals surface area contributed by atoms with E-state index in [4.69, 9.17) is 4.74 Å². The summed E-state index contributed by atoms with van der Waals surface area (Å²) >= 11 is 0. The number of alkyl halides is 3. The van der Waals surface area contributed by atoms with Gasteiger partial charge < -0.3 is 10.1 Å². The quantitative estimate of drug-likeness (QED) is 0.538. The minimum Gasteiger partial charge on any atom is -0.487 e. The topological polar surface area (TPSA) is 55.4 Å². The number of halogens is 4. The highest BCUT2D eigenvalue weighted by molar-refractivity contribution is 5.95. The van der Waals surface area contributed by atoms with Gasteiger partial charge in [-0.25, -0.2) is 4.39 Å². The number of ketones is 1. The van der Waals surface area contributed by atoms with Crippen LogP contribution in [0.1, 0.15) is 41.3 Å². The third-order valence-electron chi connectivity index (χ3n) is 4.87. The van der Waals surface area contributed by atoms with Gasteiger partial charge in [-0.05, 0) is 49.2 Å². The molecule has 1 heterocycles. The molecule has 2 aromatic rings. The van der Waals surface area contributed by atoms with Crippen molar-refractivity contribution >= 4 is 11.7 Å². The van der Waals surface area contributed by atoms with Crippen molar-refractivity contribution in [3.8, 4) is 16.9 Å². The maximum Gasteiger partial charge on any atom is 0.389 e. The molecule has 1 amide bonds. The van der Waals surface area contributed by atoms with E-state index in [1.807, 2.05) is 13.0 Å². The van der Waals surface area contributed by atoms with E-state index in [-0.39, 0.29) is 17.9 Å². The fourth-order valence-corrected chi connectivity index (χ4v) is 3.43. The normalized spacial score (nSPS) is 15.5. The first-order valence-corrected chi connectivity index (χ1v) is 9.48. The molecule has 0 saturated heterocycles. The molecule has 1 N–H and O–H groups in total. The Morgan fingerprint density at radius 2 is 1.90 bits per heavy atom. The summed E-state index contributed by atoms with van der Waals surface area (Å²) in [6.07, 6.45) is -6.26. The van der Waals surface area contributed by atoms with Crippen LogP contribution >= 0.6 is 0 Å². The number of nitrogens with one attached hydrogen (secondary N) is 1. The van der Waals surface area contributed by atoms with Crippen molar-refractivity contribution in [1.82, 2.24) is 5.32 Å². The number of aryl methyl sites for hydroxylation is 1. The standard InChI is InChI=1S/C22H21F4NO3/c1-12-7-15-9-16(11-27-20(29)5-6-22(24,25)26)30-21(15)18(8-12)17-10-14(13(2)28)3-4-19(17)23/h3-4,7-8,10,16H,5-6,9,11H2,1-2H3,(H,27,29)/t16-/m1/s1. The molecule has 0 fully saturated rings. The highest BCUT2D eigenvalue weighted by Crippen LogP contribution is 2.41. The predicted molar refractivity (Wildman–Crippen MR) is 103 cm³/mol. The Kier molecular flexibility index (Phi) is 6.14. The van der Waals surface area contributed by atoms with Crippen molar-refractivity contribution in [3.63, 3.8) is 0 Å². The molecule has 0 unspecified atom stereocenters. The number of benzene rings is 2. The summed E-state index contributed by atoms with van der Waals surface area (Å²) in [6.45, 7) is 3.29. The summed E-state index contributed by atoms with van der Waals surface area (Å²) in [5, 5.41) is 2.46. The molecule has 0 radical (unpaired) electrons. The number of Topliss-reactive ketones (excluding diaryl/α,β-unsaturated/α-hetero) is 1. The van der Waals surface area contributed by atoms with Gasteiger partial charge in [0.1, 0.15) is 17.7 Å². The highest BCUT2D eigenvalue weighted by atomic mass is 19.4. The number of ether oxygens (including phenoxy) is 1. The van der Waals surface area contributed by atoms with Gasteiger partial charge >= 0.3 is 6.18 Å². The Balaban J connectivity index is 1.77. The van der Waals surface area contributed by atoms with Gasteiger partial charge in [0.2, 0.25) is 5.91 Å². The Hall–Kier alpha value is -2.90. The van der Waals surface area contributed by atoms with Crippen LogP contribution in [-0.2, 0) is 11.2 Å². The minimum atomic E-state index is -4.39. The maximum absolute atomic E-state index is 14.5. The molecule has 30 heavy (non-hydrogen) atoms. The van der Waals surface area contributed by atoms with Crippen molar-refractivity contribution in [2.45, 2.75) is 45.4 Å². The molecule has 0 aliphatic carbocycles. The second-order valence-electron chi connectivity index (χ2n) is 7.41. The van der Waals surface area contributed by atoms with E-state index in [0.717, 1.165) is 11.1 Å². The summed E-state index contributed by atoms with van der Waals surface area (Å²) in [7, 11) is 0. The molecule has 0 aromatic heterocycles. The van der Waals surface area contributed by atoms with Crippen molar-refractivity contribution in [2.75, 3.05) is 6.54 Å². The van der Waals surface area contributed by atoms with Gasteiger partial charge in [0, 0.05) is 29.5 Å². The lowest BCUT2D eigenvalue weighted by Gasteiger charge is -2.15. The lowest BCUT2D eigenvalue weighted by Crippen LogP contribution is -2.34. The van der Waals surface area contributed by atoms with Crippen LogP contribution in [0, 0.1) is 12.7 Å². The van der Waals surface area contributed by atoms with Crippen LogP contribution < -0.4 is 10.1 Å². The molecular formula is C22H21F4NO3. The van der Waals surface area contributed by atoms with E-state index in [2.05, 4.69) is 5.32 Å². The first-order chi connectivity index (χ1) is 14.0. The zero-order valence-electron chi connectivity index (χ0n) is 16.5. The molecule has 1 aliphatic heterocycles. The zero-order valence-corrected chi connectivity index (χ0v) is 16.5. The van der Waals surface area contributed by atoms with Crippen molar-refractivity contribution < 1.29 is 31.9 Å². The van der Waals surface area contributed by atoms with Crippen molar-refractivity contribution in [2.24, 2.45) is 0 Å². The highest BCUT2D eigenvalue weighted by Gasteiger charge is 2.30. The lowest BCUT2D eigenvalue weighted by atomic mass is 9.95. The smallest absolute Gasteiger partial charge is 0.389 e. The Labute approximate surface area is 171 Å². The average molecular weight is 423 g/mol. The number of carbonyl (C=O) groups excluding carboxylic acids is 2. The number of hydrogen-bond acceptors (Lipinski definition) is 3. The number of amides is 1. The van der Waals surface area contributed by atoms with Gasteiger partial charge in [-0.3, -0.25) is 9.59 Å². The zero-order chi connectivity index (χ0) is 22.1. The lowest BCUT2D eigenvalue weighted by molar-refractivity contribution is -0.144. The van der Waals surface area contributed by atoms with E-state index in [1.54, 1.807) is 6.07 Å². The molecule has 0 saturated carbocycles. The SMILES string of the molecule is CC(=O)c1ccc(F)c(-c2cc(C)cc3c2O[C@@H](CNC(=O)CCC(F)(F)F)C3)c1. The van der Waals surface area contributed by atoms with E-state index in [0.29, 0.717) is 23.3 Å². The largest absolute Gasteiger partial charge is 0.487 e. The minimum absolute atomic E-state index is 0.0415. The van der Waals surface area contributed by atoms with Crippen LogP contribution in [0.4, 0.5) is 17.6 Å². The molecule has 0 bridgehead atoms. The number of hydrogen-bond donors (Lipinski definition) is 1. The first-order valence-electron chi connectivity index (χ1n) is 9.48. The van der Waals surface area contributed by atoms with E-state index in [1.165, 1.54) is 25.1 Å². The van der Waals surface area contributed by atoms with Gasteiger partial charge in [-0.15, -0.1) is 0 Å². The van der Waals surface area contributed by atoms with E-state index < -0.39 is 36.8 Å². The van der Waals surface area contributed by atoms with Crippen molar-refractivity contribution in [1.29, 1.82) is 0 Å². The fourth-order valence-electron chi connectivity index (χ4n) is 3.43. The predicted octanol–water partition coefficient (Wildman–Crippen LogP) is 4.77. The summed E-state index contributed by atoms with van der Waals surface area (Å²) in [5.74, 6) is -0.945. The second kappa shape index (κ2) is 8.45. The third-order valence-corrected chi connectivity index (χ3v) is 4.87. The van der Waals surface area contributed by atoms with E-state index >= 15 is 0 Å². The Bertz CT molecular complexity index is 985. The molecule has 3 rings (SSSR count). The van der Waals surface area contributed by atoms with E-state index in [9.17, 15) is 27.2 Å². The maximum atomic E-state index is 14.5. The second-order valence-corrected chi connectivity index (χ2v) is 7.41. The van der Waals surface area contributed by atoms with Crippen LogP contribution in [-0.4, -0.2) is 30.5 Å². The van der Waals surface area contributed by atoms with Gasteiger partial charge in [-0.1, -0.05) is 6.07 Å². The molecule has 160 valence electrons. The molecule has 1 atom stereocenters. The van der Waals surface area contributed by atoms with Gasteiger partial charge in [0.25, 0.3) is 0 Å². The van der Waals surface area contributed by atoms with Crippen LogP contribution in [0.3, 0.4) is 0 Å². The van der Waals surface area contributed by atoms with Gasteiger partial charge in [0.15, 0.2) is 5.78 Å². The summed E-state index contributed by atoms with van der Waals surface area (Å²) < 4.78 is 57.1. The van der Waals surface area contributed by atoms with Crippen LogP contribution in [0.25, 0.3) is 11.1 Å². The van der Waals surface area contributed by atoms with Gasteiger partial charge in [0.05, 0.1) is 13.0 Å². The molecule has 1 aliphatic rings. The number of rotatable bonds is 6. The third kappa shape index (κ3) is 5.17. The first kappa shape index (κ1) is 21.8. The van der Waals surface area contributed by atoms with Gasteiger partial charge in [-0.2, -0.15) is 13.2 Å². The number of fused-ring (bicyclic) bond motifs is 1. The molecule has 2 aromatic carbocycles. The molecular weight excluding hydrogens is 402 g/mol. The number of carbonyl (C=O) groups is 2. The van der Waals surface area contributed by atoms with Crippen LogP contribution in [0.15, 0.2) is 30.3 Å². The monoisotopic (exact) mass is 423 g/mol. The molecule has 0 spiro atoms. The average Bonchev–Trinajstić information content (AvgIpc) is 3.06. The Morgan fingerprint density at radius 1 is 1.17 bits per heavy atom. The fraction of sp³-hybridized carbons (Fsp3) is 0.364.